The van der Waals surface area contributed by atoms with Crippen molar-refractivity contribution in [2.24, 2.45) is 0 Å². The maximum atomic E-state index is 13.4. The largest absolute Gasteiger partial charge is 0.480 e. The van der Waals surface area contributed by atoms with Gasteiger partial charge in [0.15, 0.2) is 0 Å². The highest BCUT2D eigenvalue weighted by molar-refractivity contribution is 9.10. The van der Waals surface area contributed by atoms with E-state index in [2.05, 4.69) is 20.8 Å². The van der Waals surface area contributed by atoms with Gasteiger partial charge in [-0.2, -0.15) is 0 Å². The van der Waals surface area contributed by atoms with Gasteiger partial charge in [0.1, 0.15) is 12.4 Å². The van der Waals surface area contributed by atoms with Crippen LogP contribution in [0.2, 0.25) is 0 Å². The Balaban J connectivity index is 1.82. The molecule has 20 heavy (non-hydrogen) atoms. The van der Waals surface area contributed by atoms with Crippen molar-refractivity contribution in [2.75, 3.05) is 19.7 Å². The first-order chi connectivity index (χ1) is 9.56. The number of carboxylic acid groups (broad SMARTS) is 1. The van der Waals surface area contributed by atoms with Crippen LogP contribution in [0.15, 0.2) is 22.7 Å². The molecule has 0 aromatic heterocycles. The maximum absolute atomic E-state index is 13.4. The minimum atomic E-state index is -0.934. The SMILES string of the molecule is O=C(O)COC1CCN(Cc2cccc(F)c2Br)CC1. The number of aliphatic carboxylic acids is 1. The van der Waals surface area contributed by atoms with Crippen molar-refractivity contribution in [3.63, 3.8) is 0 Å². The molecule has 1 saturated heterocycles. The molecule has 110 valence electrons. The summed E-state index contributed by atoms with van der Waals surface area (Å²) in [6.07, 6.45) is 1.62. The number of halogens is 2. The highest BCUT2D eigenvalue weighted by atomic mass is 79.9. The van der Waals surface area contributed by atoms with Gasteiger partial charge < -0.3 is 9.84 Å². The van der Waals surface area contributed by atoms with E-state index < -0.39 is 5.97 Å². The van der Waals surface area contributed by atoms with Crippen LogP contribution in [0.5, 0.6) is 0 Å². The zero-order valence-electron chi connectivity index (χ0n) is 11.0. The molecule has 4 nitrogen and oxygen atoms in total. The molecule has 1 aliphatic heterocycles. The van der Waals surface area contributed by atoms with E-state index in [1.165, 1.54) is 6.07 Å². The second kappa shape index (κ2) is 7.15. The molecule has 0 amide bonds. The molecule has 0 aliphatic carbocycles. The van der Waals surface area contributed by atoms with Gasteiger partial charge in [-0.3, -0.25) is 4.90 Å². The number of rotatable bonds is 5. The lowest BCUT2D eigenvalue weighted by molar-refractivity contribution is -0.145. The highest BCUT2D eigenvalue weighted by Crippen LogP contribution is 2.23. The standard InChI is InChI=1S/C14H17BrFNO3/c15-14-10(2-1-3-12(14)16)8-17-6-4-11(5-7-17)20-9-13(18)19/h1-3,11H,4-9H2,(H,18,19). The van der Waals surface area contributed by atoms with Crippen LogP contribution in [0, 0.1) is 5.82 Å². The molecule has 0 bridgehead atoms. The summed E-state index contributed by atoms with van der Waals surface area (Å²) in [6.45, 7) is 2.10. The molecule has 1 aliphatic rings. The Morgan fingerprint density at radius 2 is 2.15 bits per heavy atom. The van der Waals surface area contributed by atoms with Crippen LogP contribution in [-0.4, -0.2) is 41.8 Å². The van der Waals surface area contributed by atoms with Gasteiger partial charge in [0.2, 0.25) is 0 Å². The van der Waals surface area contributed by atoms with Crippen molar-refractivity contribution < 1.29 is 19.0 Å². The number of nitrogens with zero attached hydrogens (tertiary/aromatic N) is 1. The molecule has 0 atom stereocenters. The molecule has 2 rings (SSSR count). The summed E-state index contributed by atoms with van der Waals surface area (Å²) in [7, 11) is 0. The van der Waals surface area contributed by atoms with Gasteiger partial charge in [-0.1, -0.05) is 12.1 Å². The summed E-state index contributed by atoms with van der Waals surface area (Å²) in [5, 5.41) is 8.57. The molecule has 1 aromatic rings. The highest BCUT2D eigenvalue weighted by Gasteiger charge is 2.21. The van der Waals surface area contributed by atoms with Gasteiger partial charge in [-0.05, 0) is 40.4 Å². The zero-order chi connectivity index (χ0) is 14.5. The van der Waals surface area contributed by atoms with Crippen molar-refractivity contribution in [1.82, 2.24) is 4.90 Å². The summed E-state index contributed by atoms with van der Waals surface area (Å²) in [6, 6.07) is 5.04. The van der Waals surface area contributed by atoms with Crippen molar-refractivity contribution in [2.45, 2.75) is 25.5 Å². The number of hydrogen-bond donors (Lipinski definition) is 1. The van der Waals surface area contributed by atoms with E-state index in [-0.39, 0.29) is 18.5 Å². The Bertz CT molecular complexity index is 475. The third-order valence-electron chi connectivity index (χ3n) is 3.40. The van der Waals surface area contributed by atoms with Crippen molar-refractivity contribution in [3.8, 4) is 0 Å². The summed E-state index contributed by atoms with van der Waals surface area (Å²) in [5.41, 5.74) is 0.926. The molecule has 0 spiro atoms. The van der Waals surface area contributed by atoms with Gasteiger partial charge in [-0.15, -0.1) is 0 Å². The number of carboxylic acids is 1. The fourth-order valence-corrected chi connectivity index (χ4v) is 2.72. The first-order valence-corrected chi connectivity index (χ1v) is 7.34. The Kier molecular flexibility index (Phi) is 5.51. The topological polar surface area (TPSA) is 49.8 Å². The van der Waals surface area contributed by atoms with Gasteiger partial charge in [0.25, 0.3) is 0 Å². The fourth-order valence-electron chi connectivity index (χ4n) is 2.33. The number of carbonyl (C=O) groups is 1. The molecule has 1 N–H and O–H groups in total. The van der Waals surface area contributed by atoms with E-state index in [0.29, 0.717) is 11.0 Å². The quantitative estimate of drug-likeness (QED) is 0.891. The van der Waals surface area contributed by atoms with Gasteiger partial charge in [-0.25, -0.2) is 9.18 Å². The van der Waals surface area contributed by atoms with E-state index in [1.807, 2.05) is 6.07 Å². The average Bonchev–Trinajstić information content (AvgIpc) is 2.43. The molecular formula is C14H17BrFNO3. The molecule has 1 fully saturated rings. The summed E-state index contributed by atoms with van der Waals surface area (Å²) >= 11 is 3.27. The fraction of sp³-hybridized carbons (Fsp3) is 0.500. The summed E-state index contributed by atoms with van der Waals surface area (Å²) < 4.78 is 19.2. The van der Waals surface area contributed by atoms with Crippen LogP contribution in [0.1, 0.15) is 18.4 Å². The van der Waals surface area contributed by atoms with E-state index in [9.17, 15) is 9.18 Å². The smallest absolute Gasteiger partial charge is 0.329 e. The molecule has 0 saturated carbocycles. The maximum Gasteiger partial charge on any atom is 0.329 e. The van der Waals surface area contributed by atoms with Gasteiger partial charge in [0.05, 0.1) is 10.6 Å². The number of benzene rings is 1. The molecule has 1 heterocycles. The third kappa shape index (κ3) is 4.26. The Morgan fingerprint density at radius 3 is 2.80 bits per heavy atom. The zero-order valence-corrected chi connectivity index (χ0v) is 12.6. The normalized spacial score (nSPS) is 17.3. The van der Waals surface area contributed by atoms with Crippen molar-refractivity contribution >= 4 is 21.9 Å². The second-order valence-corrected chi connectivity index (χ2v) is 5.69. The number of piperidine rings is 1. The number of hydrogen-bond acceptors (Lipinski definition) is 3. The number of likely N-dealkylation sites (tertiary alicyclic amines) is 1. The van der Waals surface area contributed by atoms with Crippen LogP contribution in [-0.2, 0) is 16.1 Å². The van der Waals surface area contributed by atoms with E-state index in [4.69, 9.17) is 9.84 Å². The van der Waals surface area contributed by atoms with Crippen molar-refractivity contribution in [3.05, 3.63) is 34.1 Å². The molecule has 0 unspecified atom stereocenters. The first-order valence-electron chi connectivity index (χ1n) is 6.55. The Morgan fingerprint density at radius 1 is 1.45 bits per heavy atom. The average molecular weight is 346 g/mol. The Hall–Kier alpha value is -0.980. The molecular weight excluding hydrogens is 329 g/mol. The molecule has 1 aromatic carbocycles. The van der Waals surface area contributed by atoms with Gasteiger partial charge in [0, 0.05) is 19.6 Å². The van der Waals surface area contributed by atoms with E-state index in [1.54, 1.807) is 6.07 Å². The lowest BCUT2D eigenvalue weighted by atomic mass is 10.1. The minimum absolute atomic E-state index is 0.0123. The number of ether oxygens (including phenoxy) is 1. The van der Waals surface area contributed by atoms with Crippen molar-refractivity contribution in [1.29, 1.82) is 0 Å². The van der Waals surface area contributed by atoms with E-state index in [0.717, 1.165) is 31.5 Å². The van der Waals surface area contributed by atoms with E-state index >= 15 is 0 Å². The predicted molar refractivity (Wildman–Crippen MR) is 76.0 cm³/mol. The lowest BCUT2D eigenvalue weighted by Crippen LogP contribution is -2.37. The molecule has 0 radical (unpaired) electrons. The summed E-state index contributed by atoms with van der Waals surface area (Å²) in [5.74, 6) is -1.18. The van der Waals surface area contributed by atoms with Gasteiger partial charge >= 0.3 is 5.97 Å². The van der Waals surface area contributed by atoms with Crippen LogP contribution >= 0.6 is 15.9 Å². The monoisotopic (exact) mass is 345 g/mol. The first kappa shape index (κ1) is 15.4. The summed E-state index contributed by atoms with van der Waals surface area (Å²) in [4.78, 5) is 12.7. The van der Waals surface area contributed by atoms with Crippen LogP contribution in [0.3, 0.4) is 0 Å². The van der Waals surface area contributed by atoms with Crippen LogP contribution in [0.25, 0.3) is 0 Å². The Labute approximate surface area is 125 Å². The van der Waals surface area contributed by atoms with Crippen LogP contribution in [0.4, 0.5) is 4.39 Å². The van der Waals surface area contributed by atoms with Crippen LogP contribution < -0.4 is 0 Å². The molecule has 6 heteroatoms. The predicted octanol–water partition coefficient (Wildman–Crippen LogP) is 2.65. The lowest BCUT2D eigenvalue weighted by Gasteiger charge is -2.31. The minimum Gasteiger partial charge on any atom is -0.480 e. The second-order valence-electron chi connectivity index (χ2n) is 4.89. The third-order valence-corrected chi connectivity index (χ3v) is 4.29.